The number of aromatic amines is 1. The van der Waals surface area contributed by atoms with Crippen LogP contribution in [0.3, 0.4) is 0 Å². The van der Waals surface area contributed by atoms with Crippen LogP contribution in [0.2, 0.25) is 0 Å². The second kappa shape index (κ2) is 4.90. The van der Waals surface area contributed by atoms with Crippen LogP contribution in [-0.2, 0) is 4.79 Å². The van der Waals surface area contributed by atoms with Crippen molar-refractivity contribution in [2.45, 2.75) is 19.4 Å². The summed E-state index contributed by atoms with van der Waals surface area (Å²) < 4.78 is 0. The number of carbonyl (C=O) groups is 1. The maximum absolute atomic E-state index is 12.1. The number of hydrazine groups is 1. The van der Waals surface area contributed by atoms with Gasteiger partial charge in [0.1, 0.15) is 0 Å². The molecule has 2 heterocycles. The summed E-state index contributed by atoms with van der Waals surface area (Å²) in [6.45, 7) is 1.72. The van der Waals surface area contributed by atoms with Crippen molar-refractivity contribution < 1.29 is 4.79 Å². The Morgan fingerprint density at radius 2 is 2.00 bits per heavy atom. The smallest absolute Gasteiger partial charge is 0.252 e. The van der Waals surface area contributed by atoms with Crippen LogP contribution in [0.25, 0.3) is 0 Å². The Bertz CT molecular complexity index is 696. The summed E-state index contributed by atoms with van der Waals surface area (Å²) in [6, 6.07) is 11.0. The van der Waals surface area contributed by atoms with Gasteiger partial charge in [0.2, 0.25) is 11.9 Å². The molecule has 1 aromatic carbocycles. The molecular weight excluding hydrogens is 256 g/mol. The van der Waals surface area contributed by atoms with Gasteiger partial charge in [-0.3, -0.25) is 14.6 Å². The van der Waals surface area contributed by atoms with E-state index in [1.54, 1.807) is 6.92 Å². The molecule has 2 aromatic rings. The molecule has 0 bridgehead atoms. The summed E-state index contributed by atoms with van der Waals surface area (Å²) in [7, 11) is 0. The first kappa shape index (κ1) is 12.6. The van der Waals surface area contributed by atoms with Crippen molar-refractivity contribution in [1.29, 1.82) is 0 Å². The fraction of sp³-hybridized carbons (Fsp3) is 0.214. The zero-order valence-corrected chi connectivity index (χ0v) is 11.0. The van der Waals surface area contributed by atoms with E-state index in [4.69, 9.17) is 0 Å². The van der Waals surface area contributed by atoms with Gasteiger partial charge in [-0.25, -0.2) is 15.4 Å². The Balaban J connectivity index is 1.89. The highest BCUT2D eigenvalue weighted by Crippen LogP contribution is 2.25. The van der Waals surface area contributed by atoms with E-state index in [1.165, 1.54) is 11.1 Å². The van der Waals surface area contributed by atoms with Gasteiger partial charge < -0.3 is 0 Å². The van der Waals surface area contributed by atoms with Gasteiger partial charge in [0.15, 0.2) is 0 Å². The minimum absolute atomic E-state index is 0.102. The molecule has 6 nitrogen and oxygen atoms in total. The number of benzene rings is 1. The van der Waals surface area contributed by atoms with Gasteiger partial charge in [0.25, 0.3) is 5.56 Å². The van der Waals surface area contributed by atoms with Gasteiger partial charge in [-0.15, -0.1) is 0 Å². The quantitative estimate of drug-likeness (QED) is 0.855. The standard InChI is InChI=1S/C14H14N4O2/c1-9-7-12(19)16-14(15-9)18-13(20)8-11(17-18)10-5-3-2-4-6-10/h2-7,11,17H,8H2,1H3,(H,15,16,19). The number of rotatable bonds is 2. The number of hydrogen-bond acceptors (Lipinski definition) is 4. The van der Waals surface area contributed by atoms with Gasteiger partial charge in [-0.1, -0.05) is 30.3 Å². The molecule has 0 spiro atoms. The zero-order valence-electron chi connectivity index (χ0n) is 11.0. The lowest BCUT2D eigenvalue weighted by Crippen LogP contribution is -2.37. The van der Waals surface area contributed by atoms with Crippen LogP contribution >= 0.6 is 0 Å². The van der Waals surface area contributed by atoms with Crippen molar-refractivity contribution in [2.75, 3.05) is 5.01 Å². The lowest BCUT2D eigenvalue weighted by atomic mass is 10.1. The van der Waals surface area contributed by atoms with E-state index in [-0.39, 0.29) is 23.5 Å². The molecule has 0 aliphatic carbocycles. The van der Waals surface area contributed by atoms with Crippen LogP contribution in [0.15, 0.2) is 41.2 Å². The molecular formula is C14H14N4O2. The van der Waals surface area contributed by atoms with Gasteiger partial charge in [0.05, 0.1) is 6.04 Å². The molecule has 6 heteroatoms. The minimum Gasteiger partial charge on any atom is -0.291 e. The number of amides is 1. The third-order valence-electron chi connectivity index (χ3n) is 3.18. The van der Waals surface area contributed by atoms with Crippen molar-refractivity contribution in [2.24, 2.45) is 0 Å². The highest BCUT2D eigenvalue weighted by Gasteiger charge is 2.32. The number of aromatic nitrogens is 2. The summed E-state index contributed by atoms with van der Waals surface area (Å²) in [4.78, 5) is 30.3. The maximum Gasteiger partial charge on any atom is 0.252 e. The monoisotopic (exact) mass is 270 g/mol. The van der Waals surface area contributed by atoms with Crippen molar-refractivity contribution >= 4 is 11.9 Å². The van der Waals surface area contributed by atoms with Crippen molar-refractivity contribution in [3.8, 4) is 0 Å². The molecule has 1 fully saturated rings. The molecule has 0 radical (unpaired) electrons. The summed E-state index contributed by atoms with van der Waals surface area (Å²) >= 11 is 0. The second-order valence-corrected chi connectivity index (χ2v) is 4.74. The summed E-state index contributed by atoms with van der Waals surface area (Å²) in [6.07, 6.45) is 0.335. The largest absolute Gasteiger partial charge is 0.291 e. The first-order valence-electron chi connectivity index (χ1n) is 6.35. The highest BCUT2D eigenvalue weighted by molar-refractivity contribution is 5.93. The Morgan fingerprint density at radius 3 is 2.70 bits per heavy atom. The van der Waals surface area contributed by atoms with E-state index >= 15 is 0 Å². The van der Waals surface area contributed by atoms with Crippen LogP contribution < -0.4 is 16.0 Å². The summed E-state index contributed by atoms with van der Waals surface area (Å²) in [5.74, 6) is 0.117. The van der Waals surface area contributed by atoms with Crippen molar-refractivity contribution in [1.82, 2.24) is 15.4 Å². The molecule has 0 saturated carbocycles. The number of H-pyrrole nitrogens is 1. The average Bonchev–Trinajstić information content (AvgIpc) is 2.81. The van der Waals surface area contributed by atoms with E-state index in [1.807, 2.05) is 30.3 Å². The summed E-state index contributed by atoms with van der Waals surface area (Å²) in [5.41, 5.74) is 4.40. The topological polar surface area (TPSA) is 78.1 Å². The lowest BCUT2D eigenvalue weighted by molar-refractivity contribution is -0.117. The van der Waals surface area contributed by atoms with Crippen LogP contribution in [-0.4, -0.2) is 15.9 Å². The van der Waals surface area contributed by atoms with E-state index in [9.17, 15) is 9.59 Å². The van der Waals surface area contributed by atoms with Gasteiger partial charge in [-0.05, 0) is 12.5 Å². The first-order valence-corrected chi connectivity index (χ1v) is 6.35. The predicted octanol–water partition coefficient (Wildman–Crippen LogP) is 1.06. The summed E-state index contributed by atoms with van der Waals surface area (Å²) in [5, 5.41) is 1.31. The van der Waals surface area contributed by atoms with Gasteiger partial charge >= 0.3 is 0 Å². The molecule has 1 aliphatic heterocycles. The van der Waals surface area contributed by atoms with Gasteiger partial charge in [0, 0.05) is 18.2 Å². The fourth-order valence-electron chi connectivity index (χ4n) is 2.27. The van der Waals surface area contributed by atoms with Crippen LogP contribution in [0.5, 0.6) is 0 Å². The van der Waals surface area contributed by atoms with Crippen molar-refractivity contribution in [3.63, 3.8) is 0 Å². The Morgan fingerprint density at radius 1 is 1.25 bits per heavy atom. The maximum atomic E-state index is 12.1. The lowest BCUT2D eigenvalue weighted by Gasteiger charge is -2.16. The number of hydrogen-bond donors (Lipinski definition) is 2. The average molecular weight is 270 g/mol. The molecule has 2 N–H and O–H groups in total. The second-order valence-electron chi connectivity index (χ2n) is 4.74. The SMILES string of the molecule is Cc1cc(=O)[nH]c(N2NC(c3ccccc3)CC2=O)n1. The Kier molecular flexibility index (Phi) is 3.08. The fourth-order valence-corrected chi connectivity index (χ4v) is 2.27. The normalized spacial score (nSPS) is 18.6. The molecule has 1 unspecified atom stereocenters. The Labute approximate surface area is 115 Å². The number of nitrogens with zero attached hydrogens (tertiary/aromatic N) is 2. The number of nitrogens with one attached hydrogen (secondary N) is 2. The molecule has 1 aromatic heterocycles. The molecule has 1 atom stereocenters. The Hall–Kier alpha value is -2.47. The van der Waals surface area contributed by atoms with E-state index < -0.39 is 0 Å². The highest BCUT2D eigenvalue weighted by atomic mass is 16.2. The van der Waals surface area contributed by atoms with Crippen LogP contribution in [0.1, 0.15) is 23.7 Å². The predicted molar refractivity (Wildman–Crippen MR) is 74.0 cm³/mol. The molecule has 1 amide bonds. The molecule has 102 valence electrons. The molecule has 1 saturated heterocycles. The third kappa shape index (κ3) is 2.33. The van der Waals surface area contributed by atoms with Gasteiger partial charge in [-0.2, -0.15) is 0 Å². The van der Waals surface area contributed by atoms with E-state index in [2.05, 4.69) is 15.4 Å². The minimum atomic E-state index is -0.273. The first-order chi connectivity index (χ1) is 9.63. The number of anilines is 1. The molecule has 20 heavy (non-hydrogen) atoms. The van der Waals surface area contributed by atoms with Crippen LogP contribution in [0, 0.1) is 6.92 Å². The number of carbonyl (C=O) groups excluding carboxylic acids is 1. The molecule has 3 rings (SSSR count). The van der Waals surface area contributed by atoms with E-state index in [0.29, 0.717) is 12.1 Å². The molecule has 1 aliphatic rings. The number of aryl methyl sites for hydroxylation is 1. The van der Waals surface area contributed by atoms with E-state index in [0.717, 1.165) is 5.56 Å². The zero-order chi connectivity index (χ0) is 14.1. The van der Waals surface area contributed by atoms with Crippen LogP contribution in [0.4, 0.5) is 5.95 Å². The van der Waals surface area contributed by atoms with Crippen molar-refractivity contribution in [3.05, 3.63) is 58.0 Å². The third-order valence-corrected chi connectivity index (χ3v) is 3.18.